The SMILES string of the molecule is NC(=O)C1(C(=O)N(c2ccc(F)cc2)c2ccc(C(=O)/C=C/c3ccncc3)cc2)CCC1. The number of carbonyl (C=O) groups is 3. The van der Waals surface area contributed by atoms with Gasteiger partial charge in [0.15, 0.2) is 5.78 Å². The Morgan fingerprint density at radius 3 is 2.00 bits per heavy atom. The van der Waals surface area contributed by atoms with Gasteiger partial charge in [0.1, 0.15) is 11.2 Å². The van der Waals surface area contributed by atoms with E-state index in [9.17, 15) is 18.8 Å². The molecule has 3 aromatic rings. The molecule has 166 valence electrons. The molecule has 2 amide bonds. The van der Waals surface area contributed by atoms with E-state index in [1.54, 1.807) is 54.9 Å². The highest BCUT2D eigenvalue weighted by Gasteiger charge is 2.52. The number of ketones is 1. The van der Waals surface area contributed by atoms with E-state index in [0.717, 1.165) is 12.0 Å². The van der Waals surface area contributed by atoms with Crippen LogP contribution in [0.15, 0.2) is 79.1 Å². The molecule has 0 atom stereocenters. The van der Waals surface area contributed by atoms with Gasteiger partial charge in [-0.25, -0.2) is 4.39 Å². The lowest BCUT2D eigenvalue weighted by atomic mass is 9.67. The summed E-state index contributed by atoms with van der Waals surface area (Å²) >= 11 is 0. The van der Waals surface area contributed by atoms with Gasteiger partial charge in [-0.3, -0.25) is 24.3 Å². The lowest BCUT2D eigenvalue weighted by Crippen LogP contribution is -2.54. The Labute approximate surface area is 190 Å². The fraction of sp³-hybridized carbons (Fsp3) is 0.154. The van der Waals surface area contributed by atoms with Crippen molar-refractivity contribution in [1.29, 1.82) is 0 Å². The number of halogens is 1. The molecule has 2 N–H and O–H groups in total. The van der Waals surface area contributed by atoms with E-state index < -0.39 is 23.0 Å². The lowest BCUT2D eigenvalue weighted by molar-refractivity contribution is -0.145. The number of benzene rings is 2. The summed E-state index contributed by atoms with van der Waals surface area (Å²) in [6, 6.07) is 15.5. The van der Waals surface area contributed by atoms with E-state index in [1.165, 1.54) is 35.2 Å². The number of pyridine rings is 1. The van der Waals surface area contributed by atoms with Crippen LogP contribution in [0.25, 0.3) is 6.08 Å². The molecule has 0 saturated heterocycles. The Hall–Kier alpha value is -4.13. The number of aromatic nitrogens is 1. The Kier molecular flexibility index (Phi) is 6.13. The van der Waals surface area contributed by atoms with Crippen LogP contribution in [0.1, 0.15) is 35.2 Å². The summed E-state index contributed by atoms with van der Waals surface area (Å²) in [4.78, 5) is 43.5. The predicted molar refractivity (Wildman–Crippen MR) is 123 cm³/mol. The number of rotatable bonds is 7. The average Bonchev–Trinajstić information content (AvgIpc) is 2.79. The first kappa shape index (κ1) is 22.1. The first-order valence-corrected chi connectivity index (χ1v) is 10.5. The fourth-order valence-corrected chi connectivity index (χ4v) is 3.80. The summed E-state index contributed by atoms with van der Waals surface area (Å²) < 4.78 is 13.5. The highest BCUT2D eigenvalue weighted by molar-refractivity contribution is 6.15. The summed E-state index contributed by atoms with van der Waals surface area (Å²) in [5, 5.41) is 0. The molecule has 0 unspecified atom stereocenters. The van der Waals surface area contributed by atoms with Crippen LogP contribution in [0.4, 0.5) is 15.8 Å². The number of nitrogens with zero attached hydrogens (tertiary/aromatic N) is 2. The zero-order valence-electron chi connectivity index (χ0n) is 17.8. The van der Waals surface area contributed by atoms with Crippen LogP contribution in [0, 0.1) is 11.2 Å². The van der Waals surface area contributed by atoms with Crippen molar-refractivity contribution >= 4 is 35.0 Å². The molecule has 7 heteroatoms. The smallest absolute Gasteiger partial charge is 0.247 e. The van der Waals surface area contributed by atoms with Gasteiger partial charge in [0.25, 0.3) is 0 Å². The van der Waals surface area contributed by atoms with Gasteiger partial charge in [-0.15, -0.1) is 0 Å². The van der Waals surface area contributed by atoms with Crippen molar-refractivity contribution in [3.8, 4) is 0 Å². The number of carbonyl (C=O) groups excluding carboxylic acids is 3. The number of nitrogens with two attached hydrogens (primary N) is 1. The summed E-state index contributed by atoms with van der Waals surface area (Å²) in [5.74, 6) is -1.77. The number of hydrogen-bond donors (Lipinski definition) is 1. The maximum absolute atomic E-state index is 13.5. The van der Waals surface area contributed by atoms with Crippen molar-refractivity contribution < 1.29 is 18.8 Å². The molecule has 4 rings (SSSR count). The summed E-state index contributed by atoms with van der Waals surface area (Å²) in [6.07, 6.45) is 7.90. The molecule has 1 aliphatic rings. The second-order valence-electron chi connectivity index (χ2n) is 7.94. The van der Waals surface area contributed by atoms with E-state index in [4.69, 9.17) is 5.73 Å². The molecule has 33 heavy (non-hydrogen) atoms. The minimum absolute atomic E-state index is 0.203. The molecule has 0 bridgehead atoms. The van der Waals surface area contributed by atoms with Gasteiger partial charge >= 0.3 is 0 Å². The van der Waals surface area contributed by atoms with E-state index in [1.807, 2.05) is 0 Å². The van der Waals surface area contributed by atoms with Gasteiger partial charge in [0.05, 0.1) is 0 Å². The van der Waals surface area contributed by atoms with Gasteiger partial charge in [0.2, 0.25) is 11.8 Å². The summed E-state index contributed by atoms with van der Waals surface area (Å²) in [7, 11) is 0. The van der Waals surface area contributed by atoms with Crippen LogP contribution in [0.2, 0.25) is 0 Å². The third-order valence-electron chi connectivity index (χ3n) is 5.92. The van der Waals surface area contributed by atoms with Crippen molar-refractivity contribution in [2.75, 3.05) is 4.90 Å². The molecule has 0 radical (unpaired) electrons. The zero-order chi connectivity index (χ0) is 23.4. The predicted octanol–water partition coefficient (Wildman–Crippen LogP) is 4.44. The maximum Gasteiger partial charge on any atom is 0.247 e. The number of hydrogen-bond acceptors (Lipinski definition) is 4. The Bertz CT molecular complexity index is 1200. The maximum atomic E-state index is 13.5. The van der Waals surface area contributed by atoms with Crippen LogP contribution >= 0.6 is 0 Å². The fourth-order valence-electron chi connectivity index (χ4n) is 3.80. The minimum atomic E-state index is -1.28. The summed E-state index contributed by atoms with van der Waals surface area (Å²) in [5.41, 5.74) is 6.45. The van der Waals surface area contributed by atoms with Gasteiger partial charge < -0.3 is 5.73 Å². The van der Waals surface area contributed by atoms with E-state index >= 15 is 0 Å². The number of amides is 2. The van der Waals surface area contributed by atoms with Gasteiger partial charge in [-0.1, -0.05) is 12.5 Å². The number of allylic oxidation sites excluding steroid dienone is 1. The van der Waals surface area contributed by atoms with Crippen LogP contribution < -0.4 is 10.6 Å². The molecule has 2 aromatic carbocycles. The molecular weight excluding hydrogens is 421 g/mol. The van der Waals surface area contributed by atoms with Gasteiger partial charge in [0, 0.05) is 29.3 Å². The first-order valence-electron chi connectivity index (χ1n) is 10.5. The topological polar surface area (TPSA) is 93.4 Å². The Morgan fingerprint density at radius 1 is 0.909 bits per heavy atom. The minimum Gasteiger partial charge on any atom is -0.369 e. The van der Waals surface area contributed by atoms with Crippen molar-refractivity contribution in [1.82, 2.24) is 4.98 Å². The largest absolute Gasteiger partial charge is 0.369 e. The standard InChI is InChI=1S/C26H22FN3O3/c27-20-5-9-22(10-6-20)30(25(33)26(24(28)32)14-1-15-26)21-7-3-19(4-8-21)23(31)11-2-18-12-16-29-17-13-18/h2-13,16-17H,1,14-15H2,(H2,28,32)/b11-2+. The number of anilines is 2. The van der Waals surface area contributed by atoms with E-state index in [0.29, 0.717) is 29.8 Å². The highest BCUT2D eigenvalue weighted by atomic mass is 19.1. The van der Waals surface area contributed by atoms with Crippen LogP contribution in [-0.2, 0) is 9.59 Å². The summed E-state index contributed by atoms with van der Waals surface area (Å²) in [6.45, 7) is 0. The monoisotopic (exact) mass is 443 g/mol. The van der Waals surface area contributed by atoms with Crippen molar-refractivity contribution in [2.45, 2.75) is 19.3 Å². The number of primary amides is 1. The molecule has 6 nitrogen and oxygen atoms in total. The van der Waals surface area contributed by atoms with Crippen molar-refractivity contribution in [3.05, 3.63) is 96.1 Å². The average molecular weight is 443 g/mol. The molecule has 1 saturated carbocycles. The second-order valence-corrected chi connectivity index (χ2v) is 7.94. The van der Waals surface area contributed by atoms with E-state index in [2.05, 4.69) is 4.98 Å². The van der Waals surface area contributed by atoms with Crippen molar-refractivity contribution in [3.63, 3.8) is 0 Å². The van der Waals surface area contributed by atoms with Crippen LogP contribution in [0.5, 0.6) is 0 Å². The quantitative estimate of drug-likeness (QED) is 0.332. The molecule has 1 aliphatic carbocycles. The Balaban J connectivity index is 1.64. The third-order valence-corrected chi connectivity index (χ3v) is 5.92. The van der Waals surface area contributed by atoms with Gasteiger partial charge in [-0.05, 0) is 85.1 Å². The van der Waals surface area contributed by atoms with Gasteiger partial charge in [-0.2, -0.15) is 0 Å². The normalized spacial score (nSPS) is 14.5. The molecule has 1 fully saturated rings. The molecular formula is C26H22FN3O3. The zero-order valence-corrected chi connectivity index (χ0v) is 17.8. The second kappa shape index (κ2) is 9.16. The lowest BCUT2D eigenvalue weighted by Gasteiger charge is -2.40. The molecule has 0 spiro atoms. The molecule has 1 heterocycles. The highest BCUT2D eigenvalue weighted by Crippen LogP contribution is 2.44. The third kappa shape index (κ3) is 4.43. The molecule has 0 aliphatic heterocycles. The van der Waals surface area contributed by atoms with Crippen LogP contribution in [0.3, 0.4) is 0 Å². The first-order chi connectivity index (χ1) is 15.9. The Morgan fingerprint density at radius 2 is 1.48 bits per heavy atom. The van der Waals surface area contributed by atoms with E-state index in [-0.39, 0.29) is 5.78 Å². The van der Waals surface area contributed by atoms with Crippen LogP contribution in [-0.4, -0.2) is 22.6 Å². The van der Waals surface area contributed by atoms with Crippen molar-refractivity contribution in [2.24, 2.45) is 11.1 Å². The molecule has 1 aromatic heterocycles.